The molecule has 114 valence electrons. The number of sulfonamides is 1. The number of benzene rings is 1. The van der Waals surface area contributed by atoms with E-state index in [-0.39, 0.29) is 4.90 Å². The number of nitrogens with one attached hydrogen (secondary N) is 1. The van der Waals surface area contributed by atoms with E-state index in [2.05, 4.69) is 34.5 Å². The van der Waals surface area contributed by atoms with Gasteiger partial charge in [0.15, 0.2) is 0 Å². The molecular formula is C14H17BrN2O2S2. The minimum atomic E-state index is -3.61. The minimum Gasteiger partial charge on any atom is -0.326 e. The zero-order valence-electron chi connectivity index (χ0n) is 11.8. The smallest absolute Gasteiger partial charge is 0.263 e. The van der Waals surface area contributed by atoms with Crippen LogP contribution in [-0.2, 0) is 16.6 Å². The van der Waals surface area contributed by atoms with Gasteiger partial charge in [0.2, 0.25) is 0 Å². The summed E-state index contributed by atoms with van der Waals surface area (Å²) in [4.78, 5) is 1.04. The largest absolute Gasteiger partial charge is 0.326 e. The quantitative estimate of drug-likeness (QED) is 0.815. The average Bonchev–Trinajstić information content (AvgIpc) is 2.81. The lowest BCUT2D eigenvalue weighted by Crippen LogP contribution is -2.12. The molecule has 0 aliphatic heterocycles. The Labute approximate surface area is 137 Å². The maximum Gasteiger partial charge on any atom is 0.263 e. The molecular weight excluding hydrogens is 372 g/mol. The predicted molar refractivity (Wildman–Crippen MR) is 91.2 cm³/mol. The van der Waals surface area contributed by atoms with Crippen LogP contribution in [0.5, 0.6) is 0 Å². The van der Waals surface area contributed by atoms with Gasteiger partial charge in [-0.25, -0.2) is 8.42 Å². The monoisotopic (exact) mass is 388 g/mol. The summed E-state index contributed by atoms with van der Waals surface area (Å²) in [5, 5.41) is 0. The molecule has 0 saturated heterocycles. The van der Waals surface area contributed by atoms with Crippen LogP contribution in [-0.4, -0.2) is 8.42 Å². The molecule has 7 heteroatoms. The van der Waals surface area contributed by atoms with Gasteiger partial charge in [-0.05, 0) is 45.6 Å². The Hall–Kier alpha value is -0.890. The Kier molecular flexibility index (Phi) is 5.08. The van der Waals surface area contributed by atoms with Crippen molar-refractivity contribution in [3.63, 3.8) is 0 Å². The zero-order valence-corrected chi connectivity index (χ0v) is 15.0. The molecule has 4 nitrogen and oxygen atoms in total. The molecule has 0 fully saturated rings. The second-order valence-electron chi connectivity index (χ2n) is 4.94. The highest BCUT2D eigenvalue weighted by Crippen LogP contribution is 2.32. The van der Waals surface area contributed by atoms with Crippen LogP contribution < -0.4 is 10.5 Å². The number of rotatable bonds is 5. The lowest BCUT2D eigenvalue weighted by Gasteiger charge is -2.09. The van der Waals surface area contributed by atoms with Crippen LogP contribution >= 0.6 is 27.3 Å². The van der Waals surface area contributed by atoms with Gasteiger partial charge in [-0.15, -0.1) is 11.3 Å². The molecule has 3 N–H and O–H groups in total. The molecule has 2 rings (SSSR count). The van der Waals surface area contributed by atoms with Gasteiger partial charge in [0.05, 0.1) is 3.79 Å². The molecule has 0 saturated carbocycles. The van der Waals surface area contributed by atoms with E-state index in [4.69, 9.17) is 5.73 Å². The third kappa shape index (κ3) is 3.85. The van der Waals surface area contributed by atoms with Gasteiger partial charge < -0.3 is 5.73 Å². The highest BCUT2D eigenvalue weighted by atomic mass is 79.9. The van der Waals surface area contributed by atoms with Gasteiger partial charge in [-0.1, -0.05) is 26.0 Å². The van der Waals surface area contributed by atoms with E-state index in [9.17, 15) is 8.42 Å². The SMILES string of the molecule is CC(C)c1ccc(NS(=O)(=O)c2cc(CN)sc2Br)cc1. The third-order valence-corrected chi connectivity index (χ3v) is 6.68. The number of nitrogens with two attached hydrogens (primary N) is 1. The van der Waals surface area contributed by atoms with Crippen LogP contribution in [0.1, 0.15) is 30.2 Å². The van der Waals surface area contributed by atoms with Gasteiger partial charge in [0.1, 0.15) is 4.90 Å². The first-order valence-electron chi connectivity index (χ1n) is 6.44. The van der Waals surface area contributed by atoms with E-state index in [1.807, 2.05) is 12.1 Å². The van der Waals surface area contributed by atoms with Crippen molar-refractivity contribution in [1.82, 2.24) is 0 Å². The molecule has 1 aromatic heterocycles. The Morgan fingerprint density at radius 1 is 1.29 bits per heavy atom. The maximum absolute atomic E-state index is 12.4. The molecule has 0 atom stereocenters. The first-order valence-corrected chi connectivity index (χ1v) is 9.54. The molecule has 21 heavy (non-hydrogen) atoms. The summed E-state index contributed by atoms with van der Waals surface area (Å²) in [7, 11) is -3.61. The Balaban J connectivity index is 2.26. The molecule has 0 aliphatic carbocycles. The number of hydrogen-bond donors (Lipinski definition) is 2. The third-order valence-electron chi connectivity index (χ3n) is 3.03. The fourth-order valence-electron chi connectivity index (χ4n) is 1.83. The molecule has 0 amide bonds. The van der Waals surface area contributed by atoms with Crippen molar-refractivity contribution in [3.8, 4) is 0 Å². The maximum atomic E-state index is 12.4. The summed E-state index contributed by atoms with van der Waals surface area (Å²) in [5.41, 5.74) is 7.26. The molecule has 2 aromatic rings. The standard InChI is InChI=1S/C14H17BrN2O2S2/c1-9(2)10-3-5-11(6-4-10)17-21(18,19)13-7-12(8-16)20-14(13)15/h3-7,9,17H,8,16H2,1-2H3. The van der Waals surface area contributed by atoms with E-state index in [0.717, 1.165) is 4.88 Å². The summed E-state index contributed by atoms with van der Waals surface area (Å²) in [6, 6.07) is 9.00. The normalized spacial score (nSPS) is 11.9. The molecule has 0 radical (unpaired) electrons. The number of hydrogen-bond acceptors (Lipinski definition) is 4. The lowest BCUT2D eigenvalue weighted by molar-refractivity contribution is 0.601. The van der Waals surface area contributed by atoms with E-state index < -0.39 is 10.0 Å². The van der Waals surface area contributed by atoms with Gasteiger partial charge >= 0.3 is 0 Å². The van der Waals surface area contributed by atoms with Crippen LogP contribution in [0.2, 0.25) is 0 Å². The topological polar surface area (TPSA) is 72.2 Å². The summed E-state index contributed by atoms with van der Waals surface area (Å²) in [6.07, 6.45) is 0. The predicted octanol–water partition coefficient (Wildman–Crippen LogP) is 3.89. The van der Waals surface area contributed by atoms with E-state index in [0.29, 0.717) is 21.9 Å². The summed E-state index contributed by atoms with van der Waals surface area (Å²) in [6.45, 7) is 4.51. The number of halogens is 1. The molecule has 0 spiro atoms. The fraction of sp³-hybridized carbons (Fsp3) is 0.286. The van der Waals surface area contributed by atoms with Crippen molar-refractivity contribution in [1.29, 1.82) is 0 Å². The van der Waals surface area contributed by atoms with Crippen molar-refractivity contribution >= 4 is 43.0 Å². The summed E-state index contributed by atoms with van der Waals surface area (Å²) >= 11 is 4.61. The van der Waals surface area contributed by atoms with Gasteiger partial charge in [0, 0.05) is 17.1 Å². The van der Waals surface area contributed by atoms with E-state index in [1.165, 1.54) is 16.9 Å². The Morgan fingerprint density at radius 3 is 2.38 bits per heavy atom. The summed E-state index contributed by atoms with van der Waals surface area (Å²) < 4.78 is 27.9. The number of thiophene rings is 1. The van der Waals surface area contributed by atoms with Crippen LogP contribution in [0.25, 0.3) is 0 Å². The first kappa shape index (κ1) is 16.5. The molecule has 1 heterocycles. The van der Waals surface area contributed by atoms with Crippen LogP contribution in [0.15, 0.2) is 39.0 Å². The van der Waals surface area contributed by atoms with Crippen molar-refractivity contribution < 1.29 is 8.42 Å². The minimum absolute atomic E-state index is 0.223. The van der Waals surface area contributed by atoms with Gasteiger partial charge in [-0.2, -0.15) is 0 Å². The van der Waals surface area contributed by atoms with Crippen molar-refractivity contribution in [3.05, 3.63) is 44.6 Å². The molecule has 0 aliphatic rings. The highest BCUT2D eigenvalue weighted by molar-refractivity contribution is 9.11. The van der Waals surface area contributed by atoms with Gasteiger partial charge in [-0.3, -0.25) is 4.72 Å². The van der Waals surface area contributed by atoms with Crippen molar-refractivity contribution in [2.24, 2.45) is 5.73 Å². The van der Waals surface area contributed by atoms with Crippen molar-refractivity contribution in [2.75, 3.05) is 4.72 Å². The average molecular weight is 389 g/mol. The fourth-order valence-corrected chi connectivity index (χ4v) is 5.45. The first-order chi connectivity index (χ1) is 9.83. The van der Waals surface area contributed by atoms with Crippen LogP contribution in [0, 0.1) is 0 Å². The second kappa shape index (κ2) is 6.48. The van der Waals surface area contributed by atoms with Crippen LogP contribution in [0.3, 0.4) is 0 Å². The Morgan fingerprint density at radius 2 is 1.90 bits per heavy atom. The molecule has 0 unspecified atom stereocenters. The second-order valence-corrected chi connectivity index (χ2v) is 9.04. The molecule has 1 aromatic carbocycles. The summed E-state index contributed by atoms with van der Waals surface area (Å²) in [5.74, 6) is 0.411. The zero-order chi connectivity index (χ0) is 15.6. The van der Waals surface area contributed by atoms with Crippen molar-refractivity contribution in [2.45, 2.75) is 31.2 Å². The molecule has 0 bridgehead atoms. The van der Waals surface area contributed by atoms with Crippen LogP contribution in [0.4, 0.5) is 5.69 Å². The van der Waals surface area contributed by atoms with E-state index in [1.54, 1.807) is 18.2 Å². The van der Waals surface area contributed by atoms with Gasteiger partial charge in [0.25, 0.3) is 10.0 Å². The lowest BCUT2D eigenvalue weighted by atomic mass is 10.0. The highest BCUT2D eigenvalue weighted by Gasteiger charge is 2.20. The Bertz CT molecular complexity index is 722. The number of anilines is 1. The van der Waals surface area contributed by atoms with E-state index >= 15 is 0 Å².